The lowest BCUT2D eigenvalue weighted by atomic mass is 10.0. The largest absolute Gasteiger partial charge is 0.472 e. The third-order valence-corrected chi connectivity index (χ3v) is 11.5. The quantitative estimate of drug-likeness (QED) is 0.0297. The number of phosphoric acid groups is 1. The first kappa shape index (κ1) is 46.4. The molecule has 316 valence electrons. The molecule has 0 saturated carbocycles. The van der Waals surface area contributed by atoms with Crippen LogP contribution in [-0.4, -0.2) is 73.7 Å². The van der Waals surface area contributed by atoms with Crippen LogP contribution >= 0.6 is 7.82 Å². The summed E-state index contributed by atoms with van der Waals surface area (Å²) in [5, 5.41) is 35.3. The number of anilines is 1. The van der Waals surface area contributed by atoms with Crippen LogP contribution in [0.1, 0.15) is 145 Å². The highest BCUT2D eigenvalue weighted by Crippen LogP contribution is 2.48. The van der Waals surface area contributed by atoms with E-state index in [1.165, 1.54) is 106 Å². The molecule has 1 fully saturated rings. The number of hydrogen-bond donors (Lipinski definition) is 4. The van der Waals surface area contributed by atoms with Crippen molar-refractivity contribution in [3.05, 3.63) is 59.3 Å². The molecule has 4 rings (SSSR count). The minimum Gasteiger partial charge on any atom is -0.387 e. The normalized spacial score (nSPS) is 21.1. The maximum Gasteiger partial charge on any atom is 0.472 e. The molecule has 1 unspecified atom stereocenters. The van der Waals surface area contributed by atoms with E-state index in [2.05, 4.69) is 28.7 Å². The molecule has 1 aliphatic heterocycles. The van der Waals surface area contributed by atoms with Gasteiger partial charge in [-0.05, 0) is 49.0 Å². The third-order valence-electron chi connectivity index (χ3n) is 10.6. The summed E-state index contributed by atoms with van der Waals surface area (Å²) in [6.45, 7) is 4.55. The molecule has 14 nitrogen and oxygen atoms in total. The minimum atomic E-state index is -4.81. The molecule has 1 aromatic carbocycles. The van der Waals surface area contributed by atoms with E-state index >= 15 is 0 Å². The van der Waals surface area contributed by atoms with Crippen LogP contribution < -0.4 is 5.73 Å². The number of benzene rings is 1. The standard InChI is InChI=1S/C41H62FN6O8P/c1-3-4-5-6-7-8-9-10-11-12-13-14-15-16-17-18-19-20-34(53-27-32-23-31(26-43)24-33(42)25-32)28-54-57(51,52)55-29-41(45-2)39(50)37(49)38(56-41)35-21-22-36-40(44)46-30-47-48(35)36/h21-25,30,34,37-39,49-50H,2-20,27-29H2,1H3,(H,51,52)(H2,44,46,47)/t34-,37+,38+,39+,41-/m1/s1. The summed E-state index contributed by atoms with van der Waals surface area (Å²) >= 11 is 0. The Morgan fingerprint density at radius 2 is 1.61 bits per heavy atom. The fraction of sp³-hybridized carbons (Fsp3) is 0.659. The van der Waals surface area contributed by atoms with Gasteiger partial charge in [-0.25, -0.2) is 18.5 Å². The van der Waals surface area contributed by atoms with Gasteiger partial charge in [0.15, 0.2) is 5.82 Å². The SMILES string of the molecule is C=N[C@]1(COP(=O)(O)OC[C@@H](CCCCCCCCCCCCCCCCCCC)OCc2cc(F)cc(C#N)c2)O[C@@H](c2ccc3c(N)ncnn23)[C@H](O)[C@@H]1O. The second kappa shape index (κ2) is 23.9. The van der Waals surface area contributed by atoms with Gasteiger partial charge < -0.3 is 30.3 Å². The minimum absolute atomic E-state index is 0.0518. The molecule has 0 bridgehead atoms. The van der Waals surface area contributed by atoms with Gasteiger partial charge in [0.25, 0.3) is 0 Å². The van der Waals surface area contributed by atoms with Crippen molar-refractivity contribution >= 4 is 25.9 Å². The Hall–Kier alpha value is -3.32. The molecular formula is C41H62FN6O8P. The van der Waals surface area contributed by atoms with Gasteiger partial charge in [-0.1, -0.05) is 116 Å². The van der Waals surface area contributed by atoms with Crippen LogP contribution in [0, 0.1) is 17.1 Å². The Kier molecular flexibility index (Phi) is 19.5. The van der Waals surface area contributed by atoms with Gasteiger partial charge in [-0.2, -0.15) is 10.4 Å². The predicted molar refractivity (Wildman–Crippen MR) is 216 cm³/mol. The molecule has 1 aliphatic rings. The number of ether oxygens (including phenoxy) is 2. The molecule has 0 amide bonds. The summed E-state index contributed by atoms with van der Waals surface area (Å²) < 4.78 is 51.2. The van der Waals surface area contributed by atoms with Crippen LogP contribution in [0.3, 0.4) is 0 Å². The number of nitrogens with zero attached hydrogens (tertiary/aromatic N) is 5. The maximum absolute atomic E-state index is 14.1. The average molecular weight is 817 g/mol. The number of fused-ring (bicyclic) bond motifs is 1. The fourth-order valence-electron chi connectivity index (χ4n) is 7.22. The summed E-state index contributed by atoms with van der Waals surface area (Å²) in [5.74, 6) is -0.382. The first-order valence-corrected chi connectivity index (χ1v) is 22.0. The van der Waals surface area contributed by atoms with E-state index in [1.54, 1.807) is 12.1 Å². The summed E-state index contributed by atoms with van der Waals surface area (Å²) in [4.78, 5) is 18.5. The summed E-state index contributed by atoms with van der Waals surface area (Å²) in [6.07, 6.45) is 17.7. The zero-order valence-corrected chi connectivity index (χ0v) is 34.2. The van der Waals surface area contributed by atoms with Crippen LogP contribution in [0.5, 0.6) is 0 Å². The number of aliphatic imine (C=N–C) groups is 1. The maximum atomic E-state index is 14.1. The number of nitrogen functional groups attached to an aromatic ring is 1. The Labute approximate surface area is 336 Å². The molecule has 0 radical (unpaired) electrons. The van der Waals surface area contributed by atoms with Gasteiger partial charge in [-0.15, -0.1) is 0 Å². The van der Waals surface area contributed by atoms with E-state index in [0.717, 1.165) is 31.7 Å². The Morgan fingerprint density at radius 1 is 1.00 bits per heavy atom. The smallest absolute Gasteiger partial charge is 0.387 e. The van der Waals surface area contributed by atoms with Crippen LogP contribution in [0.2, 0.25) is 0 Å². The lowest BCUT2D eigenvalue weighted by Crippen LogP contribution is -2.45. The van der Waals surface area contributed by atoms with Crippen molar-refractivity contribution in [3.63, 3.8) is 0 Å². The van der Waals surface area contributed by atoms with E-state index in [9.17, 15) is 29.3 Å². The Bertz CT molecular complexity index is 1760. The van der Waals surface area contributed by atoms with Crippen LogP contribution in [-0.2, 0) is 29.7 Å². The van der Waals surface area contributed by atoms with Crippen molar-refractivity contribution in [2.45, 2.75) is 159 Å². The number of hydrogen-bond acceptors (Lipinski definition) is 12. The molecular weight excluding hydrogens is 754 g/mol. The number of aliphatic hydroxyl groups excluding tert-OH is 2. The topological polar surface area (TPSA) is 207 Å². The van der Waals surface area contributed by atoms with Crippen LogP contribution in [0.4, 0.5) is 10.2 Å². The predicted octanol–water partition coefficient (Wildman–Crippen LogP) is 8.27. The number of halogens is 1. The Morgan fingerprint density at radius 3 is 2.21 bits per heavy atom. The third kappa shape index (κ3) is 14.5. The monoisotopic (exact) mass is 816 g/mol. The molecule has 5 N–H and O–H groups in total. The second-order valence-electron chi connectivity index (χ2n) is 15.1. The van der Waals surface area contributed by atoms with Crippen molar-refractivity contribution in [2.24, 2.45) is 4.99 Å². The van der Waals surface area contributed by atoms with Crippen molar-refractivity contribution in [3.8, 4) is 6.07 Å². The van der Waals surface area contributed by atoms with Crippen molar-refractivity contribution in [2.75, 3.05) is 18.9 Å². The van der Waals surface area contributed by atoms with Crippen molar-refractivity contribution < 1.29 is 42.6 Å². The zero-order valence-electron chi connectivity index (χ0n) is 33.4. The first-order chi connectivity index (χ1) is 27.5. The number of phosphoric ester groups is 1. The number of aromatic nitrogens is 3. The average Bonchev–Trinajstić information content (AvgIpc) is 3.74. The molecule has 3 heterocycles. The molecule has 2 aromatic heterocycles. The molecule has 0 spiro atoms. The summed E-state index contributed by atoms with van der Waals surface area (Å²) in [7, 11) is -4.81. The summed E-state index contributed by atoms with van der Waals surface area (Å²) in [5.41, 5.74) is 5.25. The second-order valence-corrected chi connectivity index (χ2v) is 16.5. The first-order valence-electron chi connectivity index (χ1n) is 20.6. The van der Waals surface area contributed by atoms with E-state index in [0.29, 0.717) is 23.2 Å². The highest BCUT2D eigenvalue weighted by Gasteiger charge is 2.56. The van der Waals surface area contributed by atoms with Gasteiger partial charge >= 0.3 is 7.82 Å². The lowest BCUT2D eigenvalue weighted by Gasteiger charge is -2.28. The molecule has 57 heavy (non-hydrogen) atoms. The van der Waals surface area contributed by atoms with Gasteiger partial charge in [0.05, 0.1) is 36.6 Å². The highest BCUT2D eigenvalue weighted by atomic mass is 31.2. The zero-order chi connectivity index (χ0) is 41.1. The molecule has 16 heteroatoms. The van der Waals surface area contributed by atoms with E-state index in [-0.39, 0.29) is 24.6 Å². The number of rotatable bonds is 29. The van der Waals surface area contributed by atoms with Crippen molar-refractivity contribution in [1.82, 2.24) is 14.6 Å². The number of nitriles is 1. The van der Waals surface area contributed by atoms with Gasteiger partial charge in [0.2, 0.25) is 5.72 Å². The number of nitrogens with two attached hydrogens (primary N) is 1. The van der Waals surface area contributed by atoms with E-state index in [4.69, 9.17) is 24.3 Å². The highest BCUT2D eigenvalue weighted by molar-refractivity contribution is 7.47. The van der Waals surface area contributed by atoms with Gasteiger partial charge in [-0.3, -0.25) is 14.0 Å². The number of aliphatic hydroxyl groups is 2. The molecule has 3 aromatic rings. The fourth-order valence-corrected chi connectivity index (χ4v) is 8.00. The van der Waals surface area contributed by atoms with Crippen LogP contribution in [0.15, 0.2) is 41.7 Å². The van der Waals surface area contributed by atoms with E-state index in [1.807, 2.05) is 6.07 Å². The molecule has 1 saturated heterocycles. The molecule has 6 atom stereocenters. The van der Waals surface area contributed by atoms with Gasteiger partial charge in [0, 0.05) is 0 Å². The van der Waals surface area contributed by atoms with Gasteiger partial charge in [0.1, 0.15) is 42.6 Å². The summed E-state index contributed by atoms with van der Waals surface area (Å²) in [6, 6.07) is 9.05. The molecule has 0 aliphatic carbocycles. The Balaban J connectivity index is 1.22. The van der Waals surface area contributed by atoms with Crippen LogP contribution in [0.25, 0.3) is 5.52 Å². The number of unbranched alkanes of at least 4 members (excludes halogenated alkanes) is 16. The van der Waals surface area contributed by atoms with E-state index < -0.39 is 50.4 Å². The van der Waals surface area contributed by atoms with Crippen molar-refractivity contribution in [1.29, 1.82) is 5.26 Å². The lowest BCUT2D eigenvalue weighted by molar-refractivity contribution is -0.106.